The highest BCUT2D eigenvalue weighted by Gasteiger charge is 2.46. The number of H-pyrrole nitrogens is 1. The zero-order valence-electron chi connectivity index (χ0n) is 18.4. The van der Waals surface area contributed by atoms with E-state index in [1.807, 2.05) is 23.2 Å². The third-order valence-electron chi connectivity index (χ3n) is 6.96. The van der Waals surface area contributed by atoms with Gasteiger partial charge >= 0.3 is 6.09 Å². The molecule has 3 aromatic rings. The van der Waals surface area contributed by atoms with Crippen LogP contribution in [-0.4, -0.2) is 81.1 Å². The number of rotatable bonds is 3. The monoisotopic (exact) mass is 546 g/mol. The largest absolute Gasteiger partial charge is 0.465 e. The summed E-state index contributed by atoms with van der Waals surface area (Å²) >= 11 is 9.67. The predicted molar refractivity (Wildman–Crippen MR) is 132 cm³/mol. The molecule has 0 aliphatic carbocycles. The van der Waals surface area contributed by atoms with E-state index in [4.69, 9.17) is 11.6 Å². The molecule has 2 amide bonds. The molecule has 0 spiro atoms. The standard InChI is InChI=1S/C23H24BrClN6O3/c24-17-13-26-19-18(17)20(28-14-27-19)29-9-11-30(12-10-29)21(32)23(15-1-3-16(25)4-2-15)5-7-31(8-6-23)22(33)34/h1-4,13-14H,5-12H2,(H,33,34)(H,26,27,28). The number of benzene rings is 1. The summed E-state index contributed by atoms with van der Waals surface area (Å²) in [7, 11) is 0. The van der Waals surface area contributed by atoms with Gasteiger partial charge in [-0.05, 0) is 46.5 Å². The molecule has 2 fully saturated rings. The number of carbonyl (C=O) groups is 2. The zero-order chi connectivity index (χ0) is 23.9. The first-order valence-corrected chi connectivity index (χ1v) is 12.3. The van der Waals surface area contributed by atoms with Crippen molar-refractivity contribution in [2.75, 3.05) is 44.2 Å². The molecule has 11 heteroatoms. The Bertz CT molecular complexity index is 1220. The Kier molecular flexibility index (Phi) is 6.11. The van der Waals surface area contributed by atoms with E-state index in [1.165, 1.54) is 4.90 Å². The van der Waals surface area contributed by atoms with Gasteiger partial charge in [0.1, 0.15) is 17.8 Å². The van der Waals surface area contributed by atoms with E-state index < -0.39 is 11.5 Å². The number of hydrogen-bond acceptors (Lipinski definition) is 5. The number of piperazine rings is 1. The van der Waals surface area contributed by atoms with Gasteiger partial charge in [0.25, 0.3) is 0 Å². The van der Waals surface area contributed by atoms with Crippen LogP contribution < -0.4 is 4.90 Å². The SMILES string of the molecule is O=C(O)N1CCC(C(=O)N2CCN(c3ncnc4[nH]cc(Br)c34)CC2)(c2ccc(Cl)cc2)CC1. The van der Waals surface area contributed by atoms with E-state index >= 15 is 0 Å². The lowest BCUT2D eigenvalue weighted by molar-refractivity contribution is -0.139. The number of carbonyl (C=O) groups excluding carboxylic acids is 1. The number of piperidine rings is 1. The van der Waals surface area contributed by atoms with E-state index in [9.17, 15) is 14.7 Å². The highest BCUT2D eigenvalue weighted by atomic mass is 79.9. The van der Waals surface area contributed by atoms with Crippen LogP contribution in [-0.2, 0) is 10.2 Å². The lowest BCUT2D eigenvalue weighted by Gasteiger charge is -2.45. The fraction of sp³-hybridized carbons (Fsp3) is 0.391. The summed E-state index contributed by atoms with van der Waals surface area (Å²) < 4.78 is 0.906. The Morgan fingerprint density at radius 2 is 1.68 bits per heavy atom. The van der Waals surface area contributed by atoms with Gasteiger partial charge in [-0.2, -0.15) is 0 Å². The summed E-state index contributed by atoms with van der Waals surface area (Å²) in [6.07, 6.45) is 3.34. The van der Waals surface area contributed by atoms with Crippen molar-refractivity contribution < 1.29 is 14.7 Å². The highest BCUT2D eigenvalue weighted by Crippen LogP contribution is 2.39. The summed E-state index contributed by atoms with van der Waals surface area (Å²) in [6, 6.07) is 7.38. The second-order valence-electron chi connectivity index (χ2n) is 8.70. The van der Waals surface area contributed by atoms with Crippen LogP contribution in [0.1, 0.15) is 18.4 Å². The minimum Gasteiger partial charge on any atom is -0.465 e. The van der Waals surface area contributed by atoms with E-state index in [1.54, 1.807) is 18.5 Å². The zero-order valence-corrected chi connectivity index (χ0v) is 20.7. The average molecular weight is 548 g/mol. The molecule has 9 nitrogen and oxygen atoms in total. The van der Waals surface area contributed by atoms with Gasteiger partial charge in [-0.15, -0.1) is 0 Å². The summed E-state index contributed by atoms with van der Waals surface area (Å²) in [6.45, 7) is 3.06. The number of fused-ring (bicyclic) bond motifs is 1. The van der Waals surface area contributed by atoms with Crippen LogP contribution in [0.15, 0.2) is 41.3 Å². The van der Waals surface area contributed by atoms with Crippen LogP contribution in [0.4, 0.5) is 10.6 Å². The maximum Gasteiger partial charge on any atom is 0.407 e. The smallest absolute Gasteiger partial charge is 0.407 e. The quantitative estimate of drug-likeness (QED) is 0.518. The maximum absolute atomic E-state index is 14.0. The Morgan fingerprint density at radius 3 is 2.32 bits per heavy atom. The number of aromatic amines is 1. The molecule has 2 aromatic heterocycles. The molecule has 178 valence electrons. The van der Waals surface area contributed by atoms with Gasteiger partial charge < -0.3 is 24.8 Å². The van der Waals surface area contributed by atoms with Gasteiger partial charge in [0.15, 0.2) is 0 Å². The van der Waals surface area contributed by atoms with Crippen LogP contribution in [0, 0.1) is 0 Å². The number of amides is 2. The molecule has 34 heavy (non-hydrogen) atoms. The third kappa shape index (κ3) is 3.98. The van der Waals surface area contributed by atoms with Gasteiger partial charge in [0.2, 0.25) is 5.91 Å². The molecule has 2 aliphatic heterocycles. The van der Waals surface area contributed by atoms with Crippen molar-refractivity contribution in [3.63, 3.8) is 0 Å². The summed E-state index contributed by atoms with van der Waals surface area (Å²) in [5.41, 5.74) is 0.898. The molecular weight excluding hydrogens is 524 g/mol. The van der Waals surface area contributed by atoms with E-state index in [0.717, 1.165) is 26.9 Å². The molecule has 0 atom stereocenters. The van der Waals surface area contributed by atoms with Crippen molar-refractivity contribution in [3.8, 4) is 0 Å². The molecule has 4 heterocycles. The van der Waals surface area contributed by atoms with Crippen molar-refractivity contribution in [1.82, 2.24) is 24.8 Å². The Morgan fingerprint density at radius 1 is 1.00 bits per heavy atom. The number of hydrogen-bond donors (Lipinski definition) is 2. The number of halogens is 2. The molecule has 2 N–H and O–H groups in total. The van der Waals surface area contributed by atoms with Crippen molar-refractivity contribution in [1.29, 1.82) is 0 Å². The number of carboxylic acid groups (broad SMARTS) is 1. The number of aromatic nitrogens is 3. The lowest BCUT2D eigenvalue weighted by atomic mass is 9.71. The first-order chi connectivity index (χ1) is 16.4. The Hall–Kier alpha value is -2.85. The lowest BCUT2D eigenvalue weighted by Crippen LogP contribution is -2.58. The van der Waals surface area contributed by atoms with Gasteiger partial charge in [0.05, 0.1) is 10.8 Å². The molecule has 2 aliphatic rings. The molecular formula is C23H24BrClN6O3. The molecule has 5 rings (SSSR count). The minimum absolute atomic E-state index is 0.0511. The van der Waals surface area contributed by atoms with Crippen LogP contribution in [0.2, 0.25) is 5.02 Å². The number of likely N-dealkylation sites (tertiary alicyclic amines) is 1. The molecule has 0 saturated carbocycles. The normalized spacial score (nSPS) is 18.4. The fourth-order valence-corrected chi connectivity index (χ4v) is 5.65. The van der Waals surface area contributed by atoms with Crippen LogP contribution in [0.5, 0.6) is 0 Å². The molecule has 2 saturated heterocycles. The van der Waals surface area contributed by atoms with Crippen molar-refractivity contribution in [2.24, 2.45) is 0 Å². The third-order valence-corrected chi connectivity index (χ3v) is 7.84. The maximum atomic E-state index is 14.0. The van der Waals surface area contributed by atoms with Crippen LogP contribution in [0.3, 0.4) is 0 Å². The molecule has 1 aromatic carbocycles. The van der Waals surface area contributed by atoms with Gasteiger partial charge in [-0.1, -0.05) is 23.7 Å². The first-order valence-electron chi connectivity index (χ1n) is 11.1. The van der Waals surface area contributed by atoms with E-state index in [0.29, 0.717) is 57.1 Å². The number of nitrogens with one attached hydrogen (secondary N) is 1. The van der Waals surface area contributed by atoms with Crippen molar-refractivity contribution in [3.05, 3.63) is 51.8 Å². The first kappa shape index (κ1) is 22.9. The second-order valence-corrected chi connectivity index (χ2v) is 9.99. The molecule has 0 bridgehead atoms. The second kappa shape index (κ2) is 9.07. The van der Waals surface area contributed by atoms with E-state index in [-0.39, 0.29) is 5.91 Å². The van der Waals surface area contributed by atoms with Gasteiger partial charge in [-0.3, -0.25) is 4.79 Å². The summed E-state index contributed by atoms with van der Waals surface area (Å²) in [5.74, 6) is 0.891. The Balaban J connectivity index is 1.37. The summed E-state index contributed by atoms with van der Waals surface area (Å²) in [4.78, 5) is 42.8. The van der Waals surface area contributed by atoms with Crippen molar-refractivity contribution in [2.45, 2.75) is 18.3 Å². The predicted octanol–water partition coefficient (Wildman–Crippen LogP) is 3.73. The number of nitrogens with zero attached hydrogens (tertiary/aromatic N) is 5. The Labute approximate surface area is 209 Å². The topological polar surface area (TPSA) is 106 Å². The minimum atomic E-state index is -0.946. The molecule has 0 radical (unpaired) electrons. The van der Waals surface area contributed by atoms with Crippen LogP contribution >= 0.6 is 27.5 Å². The molecule has 0 unspecified atom stereocenters. The fourth-order valence-electron chi connectivity index (χ4n) is 5.05. The van der Waals surface area contributed by atoms with Gasteiger partial charge in [0, 0.05) is 55.0 Å². The van der Waals surface area contributed by atoms with Crippen molar-refractivity contribution >= 4 is 56.4 Å². The number of anilines is 1. The van der Waals surface area contributed by atoms with Crippen LogP contribution in [0.25, 0.3) is 11.0 Å². The van der Waals surface area contributed by atoms with Gasteiger partial charge in [-0.25, -0.2) is 14.8 Å². The summed E-state index contributed by atoms with van der Waals surface area (Å²) in [5, 5.41) is 10.9. The average Bonchev–Trinajstić information content (AvgIpc) is 3.25. The highest BCUT2D eigenvalue weighted by molar-refractivity contribution is 9.10. The van der Waals surface area contributed by atoms with E-state index in [2.05, 4.69) is 35.8 Å².